The first-order valence-electron chi connectivity index (χ1n) is 5.63. The number of nitrogens with one attached hydrogen (secondary N) is 1. The minimum atomic E-state index is -0.0124. The van der Waals surface area contributed by atoms with Gasteiger partial charge in [0.25, 0.3) is 0 Å². The molecule has 1 rings (SSSR count). The number of hydrogen-bond donors (Lipinski definition) is 3. The Balaban J connectivity index is 2.23. The third-order valence-electron chi connectivity index (χ3n) is 3.01. The van der Waals surface area contributed by atoms with E-state index in [9.17, 15) is 0 Å². The summed E-state index contributed by atoms with van der Waals surface area (Å²) in [6.45, 7) is 5.26. The molecule has 0 aromatic carbocycles. The quantitative estimate of drug-likeness (QED) is 0.631. The lowest BCUT2D eigenvalue weighted by atomic mass is 9.89. The molecule has 0 heterocycles. The zero-order valence-electron chi connectivity index (χ0n) is 9.42. The maximum Gasteiger partial charge on any atom is 0.0494 e. The molecule has 0 spiro atoms. The molecule has 14 heavy (non-hydrogen) atoms. The fraction of sp³-hybridized carbons (Fsp3) is 1.00. The van der Waals surface area contributed by atoms with Gasteiger partial charge in [-0.2, -0.15) is 0 Å². The molecule has 0 aromatic rings. The molecule has 0 bridgehead atoms. The lowest BCUT2D eigenvalue weighted by molar-refractivity contribution is 0.149. The molecule has 3 nitrogen and oxygen atoms in total. The van der Waals surface area contributed by atoms with Crippen LogP contribution < -0.4 is 11.1 Å². The van der Waals surface area contributed by atoms with Crippen LogP contribution in [0, 0.1) is 5.41 Å². The van der Waals surface area contributed by atoms with Crippen molar-refractivity contribution in [1.82, 2.24) is 5.32 Å². The van der Waals surface area contributed by atoms with Gasteiger partial charge in [0, 0.05) is 30.7 Å². The Morgan fingerprint density at radius 2 is 2.14 bits per heavy atom. The highest BCUT2D eigenvalue weighted by Crippen LogP contribution is 2.19. The summed E-state index contributed by atoms with van der Waals surface area (Å²) in [6, 6.07) is 0.933. The Morgan fingerprint density at radius 3 is 2.71 bits per heavy atom. The van der Waals surface area contributed by atoms with Gasteiger partial charge in [0.15, 0.2) is 0 Å². The first kappa shape index (κ1) is 12.0. The first-order chi connectivity index (χ1) is 6.53. The van der Waals surface area contributed by atoms with Gasteiger partial charge in [-0.1, -0.05) is 20.3 Å². The predicted octanol–water partition coefficient (Wildman–Crippen LogP) is 0.864. The normalized spacial score (nSPS) is 29.1. The van der Waals surface area contributed by atoms with Crippen molar-refractivity contribution >= 4 is 0 Å². The zero-order valence-corrected chi connectivity index (χ0v) is 9.42. The van der Waals surface area contributed by atoms with Crippen LogP contribution in [0.25, 0.3) is 0 Å². The number of aliphatic hydroxyl groups excluding tert-OH is 1. The van der Waals surface area contributed by atoms with Gasteiger partial charge in [-0.3, -0.25) is 0 Å². The molecule has 0 aromatic heterocycles. The van der Waals surface area contributed by atoms with Gasteiger partial charge in [0.2, 0.25) is 0 Å². The van der Waals surface area contributed by atoms with E-state index in [1.807, 2.05) is 0 Å². The van der Waals surface area contributed by atoms with Crippen LogP contribution in [0.2, 0.25) is 0 Å². The highest BCUT2D eigenvalue weighted by atomic mass is 16.3. The molecule has 0 aliphatic heterocycles. The van der Waals surface area contributed by atoms with Crippen LogP contribution in [0.3, 0.4) is 0 Å². The van der Waals surface area contributed by atoms with E-state index in [4.69, 9.17) is 10.8 Å². The van der Waals surface area contributed by atoms with Crippen molar-refractivity contribution in [2.75, 3.05) is 13.2 Å². The minimum absolute atomic E-state index is 0.0124. The maximum absolute atomic E-state index is 9.11. The molecule has 0 radical (unpaired) electrons. The fourth-order valence-corrected chi connectivity index (χ4v) is 1.89. The molecule has 2 atom stereocenters. The molecular formula is C11H24N2O. The highest BCUT2D eigenvalue weighted by molar-refractivity contribution is 4.82. The van der Waals surface area contributed by atoms with Crippen molar-refractivity contribution in [2.45, 2.75) is 51.6 Å². The average molecular weight is 200 g/mol. The molecule has 1 aliphatic rings. The van der Waals surface area contributed by atoms with Crippen molar-refractivity contribution in [3.05, 3.63) is 0 Å². The summed E-state index contributed by atoms with van der Waals surface area (Å²) in [6.07, 6.45) is 4.72. The Morgan fingerprint density at radius 1 is 1.43 bits per heavy atom. The van der Waals surface area contributed by atoms with Crippen LogP contribution >= 0.6 is 0 Å². The van der Waals surface area contributed by atoms with E-state index in [-0.39, 0.29) is 12.0 Å². The molecular weight excluding hydrogens is 176 g/mol. The maximum atomic E-state index is 9.11. The molecule has 3 heteroatoms. The Kier molecular flexibility index (Phi) is 4.35. The van der Waals surface area contributed by atoms with Crippen molar-refractivity contribution in [2.24, 2.45) is 11.1 Å². The summed E-state index contributed by atoms with van der Waals surface area (Å²) in [4.78, 5) is 0. The van der Waals surface area contributed by atoms with Crippen LogP contribution in [0.5, 0.6) is 0 Å². The zero-order chi connectivity index (χ0) is 10.6. The highest BCUT2D eigenvalue weighted by Gasteiger charge is 2.22. The van der Waals surface area contributed by atoms with E-state index >= 15 is 0 Å². The first-order valence-corrected chi connectivity index (χ1v) is 5.63. The lowest BCUT2D eigenvalue weighted by Crippen LogP contribution is -2.43. The predicted molar refractivity (Wildman–Crippen MR) is 59.1 cm³/mol. The summed E-state index contributed by atoms with van der Waals surface area (Å²) in [5.41, 5.74) is 5.90. The van der Waals surface area contributed by atoms with E-state index in [1.165, 1.54) is 19.3 Å². The summed E-state index contributed by atoms with van der Waals surface area (Å²) in [5.74, 6) is 0. The molecule has 2 unspecified atom stereocenters. The van der Waals surface area contributed by atoms with E-state index in [0.29, 0.717) is 12.1 Å². The van der Waals surface area contributed by atoms with Crippen LogP contribution in [-0.2, 0) is 0 Å². The third-order valence-corrected chi connectivity index (χ3v) is 3.01. The molecule has 4 N–H and O–H groups in total. The summed E-state index contributed by atoms with van der Waals surface area (Å²) < 4.78 is 0. The lowest BCUT2D eigenvalue weighted by Gasteiger charge is -2.31. The van der Waals surface area contributed by atoms with Crippen molar-refractivity contribution in [3.63, 3.8) is 0 Å². The molecule has 1 fully saturated rings. The number of hydrogen-bond acceptors (Lipinski definition) is 3. The molecule has 84 valence electrons. The second-order valence-electron chi connectivity index (χ2n) is 5.33. The second-order valence-corrected chi connectivity index (χ2v) is 5.33. The van der Waals surface area contributed by atoms with Gasteiger partial charge in [-0.15, -0.1) is 0 Å². The van der Waals surface area contributed by atoms with E-state index in [2.05, 4.69) is 19.2 Å². The standard InChI is InChI=1S/C11H24N2O/c1-11(2,8-14)7-13-10-5-3-4-9(12)6-10/h9-10,13-14H,3-8,12H2,1-2H3. The Labute approximate surface area is 87.1 Å². The smallest absolute Gasteiger partial charge is 0.0494 e. The molecule has 1 saturated carbocycles. The van der Waals surface area contributed by atoms with E-state index in [0.717, 1.165) is 13.0 Å². The Bertz CT molecular complexity index is 171. The van der Waals surface area contributed by atoms with E-state index < -0.39 is 0 Å². The van der Waals surface area contributed by atoms with Gasteiger partial charge in [-0.25, -0.2) is 0 Å². The fourth-order valence-electron chi connectivity index (χ4n) is 1.89. The van der Waals surface area contributed by atoms with Gasteiger partial charge < -0.3 is 16.2 Å². The van der Waals surface area contributed by atoms with Crippen molar-refractivity contribution in [1.29, 1.82) is 0 Å². The van der Waals surface area contributed by atoms with Gasteiger partial charge >= 0.3 is 0 Å². The van der Waals surface area contributed by atoms with Gasteiger partial charge in [-0.05, 0) is 19.3 Å². The monoisotopic (exact) mass is 200 g/mol. The molecule has 0 amide bonds. The van der Waals surface area contributed by atoms with E-state index in [1.54, 1.807) is 0 Å². The van der Waals surface area contributed by atoms with Crippen LogP contribution in [0.1, 0.15) is 39.5 Å². The average Bonchev–Trinajstić information content (AvgIpc) is 2.15. The van der Waals surface area contributed by atoms with Crippen LogP contribution in [-0.4, -0.2) is 30.3 Å². The van der Waals surface area contributed by atoms with Crippen molar-refractivity contribution in [3.8, 4) is 0 Å². The second kappa shape index (κ2) is 5.10. The number of aliphatic hydroxyl groups is 1. The topological polar surface area (TPSA) is 58.3 Å². The molecule has 0 saturated heterocycles. The summed E-state index contributed by atoms with van der Waals surface area (Å²) >= 11 is 0. The van der Waals surface area contributed by atoms with Gasteiger partial charge in [0.05, 0.1) is 0 Å². The number of nitrogens with two attached hydrogens (primary N) is 1. The SMILES string of the molecule is CC(C)(CO)CNC1CCCC(N)C1. The summed E-state index contributed by atoms with van der Waals surface area (Å²) in [7, 11) is 0. The third kappa shape index (κ3) is 3.95. The summed E-state index contributed by atoms with van der Waals surface area (Å²) in [5, 5.41) is 12.6. The number of rotatable bonds is 4. The van der Waals surface area contributed by atoms with Crippen molar-refractivity contribution < 1.29 is 5.11 Å². The van der Waals surface area contributed by atoms with Crippen LogP contribution in [0.4, 0.5) is 0 Å². The largest absolute Gasteiger partial charge is 0.396 e. The van der Waals surface area contributed by atoms with Crippen LogP contribution in [0.15, 0.2) is 0 Å². The Hall–Kier alpha value is -0.120. The van der Waals surface area contributed by atoms with Gasteiger partial charge in [0.1, 0.15) is 0 Å². The minimum Gasteiger partial charge on any atom is -0.396 e. The molecule has 1 aliphatic carbocycles.